The van der Waals surface area contributed by atoms with Gasteiger partial charge in [0.1, 0.15) is 23.7 Å². The van der Waals surface area contributed by atoms with Crippen molar-refractivity contribution in [1.82, 2.24) is 4.57 Å². The van der Waals surface area contributed by atoms with Crippen molar-refractivity contribution in [1.29, 1.82) is 0 Å². The Balaban J connectivity index is 1.90. The molecule has 1 saturated carbocycles. The van der Waals surface area contributed by atoms with E-state index >= 15 is 0 Å². The maximum atomic E-state index is 12.5. The summed E-state index contributed by atoms with van der Waals surface area (Å²) >= 11 is 0. The van der Waals surface area contributed by atoms with Crippen LogP contribution in [0.15, 0.2) is 29.2 Å². The molecule has 1 N–H and O–H groups in total. The number of hydrogen-bond acceptors (Lipinski definition) is 4. The molecule has 1 aromatic carbocycles. The first-order valence-electron chi connectivity index (χ1n) is 10.7. The van der Waals surface area contributed by atoms with Gasteiger partial charge in [0.25, 0.3) is 0 Å². The highest BCUT2D eigenvalue weighted by atomic mass is 16.5. The van der Waals surface area contributed by atoms with E-state index in [2.05, 4.69) is 33.8 Å². The van der Waals surface area contributed by atoms with E-state index < -0.39 is 11.4 Å². The van der Waals surface area contributed by atoms with Crippen molar-refractivity contribution < 1.29 is 19.4 Å². The van der Waals surface area contributed by atoms with Crippen LogP contribution in [-0.4, -0.2) is 28.9 Å². The van der Waals surface area contributed by atoms with Gasteiger partial charge in [-0.15, -0.1) is 0 Å². The number of hydrogen-bond donors (Lipinski definition) is 1. The Morgan fingerprint density at radius 2 is 1.97 bits per heavy atom. The third-order valence-electron chi connectivity index (χ3n) is 5.82. The second kappa shape index (κ2) is 7.82. The lowest BCUT2D eigenvalue weighted by molar-refractivity contribution is 0.0694. The van der Waals surface area contributed by atoms with Gasteiger partial charge in [0, 0.05) is 23.9 Å². The van der Waals surface area contributed by atoms with Crippen molar-refractivity contribution in [3.05, 3.63) is 45.7 Å². The standard InChI is InChI=1S/C24H29NO5/c1-13(2)11-29-22-9-23-17(7-16(22)15-5-6-15)19-8-21(26)18(24(27)28)10-25(19)20(12-30-23)14(3)4/h7-10,13-15,20H,5-6,11-12H2,1-4H3,(H,27,28)/t20-/m0/s1. The number of carboxylic acids is 1. The average molecular weight is 411 g/mol. The zero-order valence-corrected chi connectivity index (χ0v) is 18.0. The summed E-state index contributed by atoms with van der Waals surface area (Å²) in [5.74, 6) is 1.39. The van der Waals surface area contributed by atoms with Crippen molar-refractivity contribution >= 4 is 5.97 Å². The second-order valence-corrected chi connectivity index (χ2v) is 9.14. The largest absolute Gasteiger partial charge is 0.493 e. The Morgan fingerprint density at radius 1 is 1.23 bits per heavy atom. The SMILES string of the molecule is CC(C)COc1cc2c(cc1C1CC1)-c1cc(=O)c(C(=O)O)cn1[C@H](C(C)C)CO2. The first-order valence-corrected chi connectivity index (χ1v) is 10.7. The summed E-state index contributed by atoms with van der Waals surface area (Å²) in [5.41, 5.74) is 1.96. The number of pyridine rings is 1. The molecular formula is C24H29NO5. The van der Waals surface area contributed by atoms with E-state index in [1.807, 2.05) is 10.6 Å². The Labute approximate surface area is 176 Å². The van der Waals surface area contributed by atoms with E-state index in [9.17, 15) is 14.7 Å². The van der Waals surface area contributed by atoms with Crippen LogP contribution in [0.3, 0.4) is 0 Å². The molecule has 1 aliphatic carbocycles. The minimum Gasteiger partial charge on any atom is -0.493 e. The lowest BCUT2D eigenvalue weighted by atomic mass is 9.99. The first-order chi connectivity index (χ1) is 14.3. The van der Waals surface area contributed by atoms with Gasteiger partial charge < -0.3 is 19.1 Å². The molecule has 2 aromatic rings. The quantitative estimate of drug-likeness (QED) is 0.744. The fraction of sp³-hybridized carbons (Fsp3) is 0.500. The number of fused-ring (bicyclic) bond motifs is 3. The monoisotopic (exact) mass is 411 g/mol. The molecule has 0 spiro atoms. The molecule has 1 atom stereocenters. The molecular weight excluding hydrogens is 382 g/mol. The number of rotatable bonds is 6. The van der Waals surface area contributed by atoms with Crippen molar-refractivity contribution in [2.45, 2.75) is 52.5 Å². The first kappa shape index (κ1) is 20.5. The summed E-state index contributed by atoms with van der Waals surface area (Å²) in [6.45, 7) is 9.40. The van der Waals surface area contributed by atoms with E-state index in [1.165, 1.54) is 12.3 Å². The van der Waals surface area contributed by atoms with Gasteiger partial charge in [-0.3, -0.25) is 4.79 Å². The van der Waals surface area contributed by atoms with E-state index in [0.29, 0.717) is 36.5 Å². The van der Waals surface area contributed by atoms with Crippen LogP contribution in [-0.2, 0) is 0 Å². The van der Waals surface area contributed by atoms with Crippen LogP contribution in [0.25, 0.3) is 11.3 Å². The van der Waals surface area contributed by atoms with E-state index in [4.69, 9.17) is 9.47 Å². The normalized spacial score (nSPS) is 17.9. The third-order valence-corrected chi connectivity index (χ3v) is 5.82. The highest BCUT2D eigenvalue weighted by Crippen LogP contribution is 2.49. The predicted octanol–water partition coefficient (Wildman–Crippen LogP) is 4.72. The smallest absolute Gasteiger partial charge is 0.341 e. The Morgan fingerprint density at radius 3 is 2.57 bits per heavy atom. The number of aromatic nitrogens is 1. The minimum absolute atomic E-state index is 0.0875. The van der Waals surface area contributed by atoms with Crippen LogP contribution in [0.2, 0.25) is 0 Å². The number of benzene rings is 1. The van der Waals surface area contributed by atoms with Crippen molar-refractivity contribution in [3.8, 4) is 22.8 Å². The van der Waals surface area contributed by atoms with Gasteiger partial charge in [-0.1, -0.05) is 27.7 Å². The minimum atomic E-state index is -1.21. The summed E-state index contributed by atoms with van der Waals surface area (Å²) in [4.78, 5) is 24.1. The summed E-state index contributed by atoms with van der Waals surface area (Å²) < 4.78 is 14.2. The third kappa shape index (κ3) is 3.83. The summed E-state index contributed by atoms with van der Waals surface area (Å²) in [5, 5.41) is 9.46. The van der Waals surface area contributed by atoms with Gasteiger partial charge in [-0.25, -0.2) is 4.79 Å². The Hall–Kier alpha value is -2.76. The number of ether oxygens (including phenoxy) is 2. The molecule has 1 aliphatic heterocycles. The van der Waals surface area contributed by atoms with E-state index in [1.54, 1.807) is 0 Å². The molecule has 0 amide bonds. The summed E-state index contributed by atoms with van der Waals surface area (Å²) in [7, 11) is 0. The molecule has 1 aromatic heterocycles. The Kier molecular flexibility index (Phi) is 5.35. The molecule has 2 heterocycles. The van der Waals surface area contributed by atoms with Crippen LogP contribution in [0, 0.1) is 11.8 Å². The van der Waals surface area contributed by atoms with Gasteiger partial charge in [-0.05, 0) is 42.2 Å². The fourth-order valence-corrected chi connectivity index (χ4v) is 3.96. The Bertz CT molecular complexity index is 1030. The van der Waals surface area contributed by atoms with Gasteiger partial charge in [0.05, 0.1) is 18.3 Å². The van der Waals surface area contributed by atoms with Crippen molar-refractivity contribution in [3.63, 3.8) is 0 Å². The number of carbonyl (C=O) groups is 1. The zero-order valence-electron chi connectivity index (χ0n) is 18.0. The van der Waals surface area contributed by atoms with Gasteiger partial charge in [-0.2, -0.15) is 0 Å². The molecule has 4 rings (SSSR count). The molecule has 0 saturated heterocycles. The highest BCUT2D eigenvalue weighted by Gasteiger charge is 2.32. The van der Waals surface area contributed by atoms with Crippen LogP contribution < -0.4 is 14.9 Å². The lowest BCUT2D eigenvalue weighted by Crippen LogP contribution is -2.25. The maximum Gasteiger partial charge on any atom is 0.341 e. The maximum absolute atomic E-state index is 12.5. The molecule has 2 aliphatic rings. The molecule has 0 bridgehead atoms. The topological polar surface area (TPSA) is 77.8 Å². The predicted molar refractivity (Wildman–Crippen MR) is 115 cm³/mol. The van der Waals surface area contributed by atoms with Crippen LogP contribution in [0.4, 0.5) is 0 Å². The van der Waals surface area contributed by atoms with Gasteiger partial charge in [0.2, 0.25) is 0 Å². The molecule has 6 nitrogen and oxygen atoms in total. The number of nitrogens with zero attached hydrogens (tertiary/aromatic N) is 1. The fourth-order valence-electron chi connectivity index (χ4n) is 3.96. The number of aromatic carboxylic acids is 1. The number of carboxylic acid groups (broad SMARTS) is 1. The van der Waals surface area contributed by atoms with Crippen LogP contribution >= 0.6 is 0 Å². The van der Waals surface area contributed by atoms with Gasteiger partial charge >= 0.3 is 5.97 Å². The van der Waals surface area contributed by atoms with Crippen LogP contribution in [0.1, 0.15) is 68.4 Å². The second-order valence-electron chi connectivity index (χ2n) is 9.14. The molecule has 0 radical (unpaired) electrons. The summed E-state index contributed by atoms with van der Waals surface area (Å²) in [6.07, 6.45) is 3.72. The molecule has 30 heavy (non-hydrogen) atoms. The lowest BCUT2D eigenvalue weighted by Gasteiger charge is -2.24. The van der Waals surface area contributed by atoms with E-state index in [0.717, 1.165) is 29.7 Å². The average Bonchev–Trinajstić information content (AvgIpc) is 3.51. The van der Waals surface area contributed by atoms with Crippen LogP contribution in [0.5, 0.6) is 11.5 Å². The molecule has 160 valence electrons. The van der Waals surface area contributed by atoms with Crippen molar-refractivity contribution in [2.75, 3.05) is 13.2 Å². The molecule has 6 heteroatoms. The highest BCUT2D eigenvalue weighted by molar-refractivity contribution is 5.88. The molecule has 1 fully saturated rings. The zero-order chi connectivity index (χ0) is 21.6. The van der Waals surface area contributed by atoms with E-state index in [-0.39, 0.29) is 17.5 Å². The van der Waals surface area contributed by atoms with Gasteiger partial charge in [0.15, 0.2) is 5.43 Å². The summed E-state index contributed by atoms with van der Waals surface area (Å²) in [6, 6.07) is 5.39. The van der Waals surface area contributed by atoms with Crippen molar-refractivity contribution in [2.24, 2.45) is 11.8 Å². The molecule has 0 unspecified atom stereocenters.